The third-order valence-corrected chi connectivity index (χ3v) is 5.63. The lowest BCUT2D eigenvalue weighted by atomic mass is 10.1. The van der Waals surface area contributed by atoms with Crippen molar-refractivity contribution in [1.29, 1.82) is 0 Å². The molecule has 0 bridgehead atoms. The lowest BCUT2D eigenvalue weighted by Gasteiger charge is -2.21. The number of carbonyl (C=O) groups is 1. The number of furan rings is 1. The number of rotatable bonds is 10. The van der Waals surface area contributed by atoms with Gasteiger partial charge in [0.25, 0.3) is 0 Å². The average molecular weight is 426 g/mol. The summed E-state index contributed by atoms with van der Waals surface area (Å²) in [5.74, 6) is 2.22. The van der Waals surface area contributed by atoms with Crippen LogP contribution in [0.15, 0.2) is 58.1 Å². The van der Waals surface area contributed by atoms with Gasteiger partial charge in [0, 0.05) is 38.5 Å². The molecule has 0 spiro atoms. The van der Waals surface area contributed by atoms with Crippen LogP contribution in [0.4, 0.5) is 0 Å². The number of nitrogens with zero attached hydrogens (tertiary/aromatic N) is 3. The summed E-state index contributed by atoms with van der Waals surface area (Å²) in [5, 5.41) is 6.73. The van der Waals surface area contributed by atoms with Gasteiger partial charge in [-0.15, -0.1) is 0 Å². The molecule has 1 saturated heterocycles. The van der Waals surface area contributed by atoms with Gasteiger partial charge in [-0.05, 0) is 45.1 Å². The predicted molar refractivity (Wildman–Crippen MR) is 124 cm³/mol. The number of likely N-dealkylation sites (tertiary alicyclic amines) is 1. The minimum absolute atomic E-state index is 0.0759. The largest absolute Gasteiger partial charge is 0.468 e. The minimum atomic E-state index is 0.0759. The topological polar surface area (TPSA) is 73.1 Å². The summed E-state index contributed by atoms with van der Waals surface area (Å²) < 4.78 is 5.57. The van der Waals surface area contributed by atoms with E-state index in [-0.39, 0.29) is 11.9 Å². The van der Waals surface area contributed by atoms with Crippen molar-refractivity contribution in [2.45, 2.75) is 25.8 Å². The van der Waals surface area contributed by atoms with Crippen LogP contribution in [0.5, 0.6) is 0 Å². The molecule has 2 heterocycles. The van der Waals surface area contributed by atoms with Crippen LogP contribution in [0.25, 0.3) is 0 Å². The number of aliphatic imine (C=N–C) groups is 1. The number of nitrogens with one attached hydrogen (secondary N) is 2. The van der Waals surface area contributed by atoms with Crippen LogP contribution in [0.2, 0.25) is 0 Å². The molecule has 2 unspecified atom stereocenters. The van der Waals surface area contributed by atoms with Gasteiger partial charge in [0.1, 0.15) is 5.76 Å². The van der Waals surface area contributed by atoms with E-state index in [4.69, 9.17) is 9.41 Å². The quantitative estimate of drug-likeness (QED) is 0.452. The van der Waals surface area contributed by atoms with Gasteiger partial charge in [0.05, 0.1) is 18.8 Å². The molecule has 1 aromatic heterocycles. The van der Waals surface area contributed by atoms with Gasteiger partial charge in [-0.25, -0.2) is 0 Å². The predicted octanol–water partition coefficient (Wildman–Crippen LogP) is 2.53. The molecule has 3 rings (SSSR count). The van der Waals surface area contributed by atoms with Crippen molar-refractivity contribution < 1.29 is 9.21 Å². The molecular weight excluding hydrogens is 390 g/mol. The molecule has 7 heteroatoms. The lowest BCUT2D eigenvalue weighted by Crippen LogP contribution is -2.41. The monoisotopic (exact) mass is 425 g/mol. The minimum Gasteiger partial charge on any atom is -0.468 e. The maximum atomic E-state index is 12.4. The van der Waals surface area contributed by atoms with Crippen molar-refractivity contribution in [3.8, 4) is 0 Å². The van der Waals surface area contributed by atoms with Gasteiger partial charge >= 0.3 is 0 Å². The van der Waals surface area contributed by atoms with Crippen LogP contribution in [0.3, 0.4) is 0 Å². The van der Waals surface area contributed by atoms with E-state index < -0.39 is 0 Å². The van der Waals surface area contributed by atoms with Gasteiger partial charge in [-0.1, -0.05) is 30.3 Å². The van der Waals surface area contributed by atoms with Crippen molar-refractivity contribution in [1.82, 2.24) is 20.4 Å². The fourth-order valence-corrected chi connectivity index (χ4v) is 3.86. The molecule has 7 nitrogen and oxygen atoms in total. The first-order chi connectivity index (χ1) is 15.1. The van der Waals surface area contributed by atoms with Gasteiger partial charge in [-0.3, -0.25) is 14.7 Å². The molecule has 1 aliphatic rings. The van der Waals surface area contributed by atoms with Crippen molar-refractivity contribution in [3.05, 3.63) is 60.1 Å². The Bertz CT molecular complexity index is 820. The van der Waals surface area contributed by atoms with E-state index in [2.05, 4.69) is 34.6 Å². The molecule has 168 valence electrons. The standard InChI is InChI=1S/C24H35N5O2/c1-4-25-24(27-17-21(28(2)3)22-11-8-14-31-22)26-16-20-15-23(30)29(18-20)13-12-19-9-6-5-7-10-19/h5-11,14,20-21H,4,12-13,15-18H2,1-3H3,(H2,25,26,27). The molecule has 0 saturated carbocycles. The Morgan fingerprint density at radius 1 is 1.23 bits per heavy atom. The number of hydrogen-bond donors (Lipinski definition) is 2. The fraction of sp³-hybridized carbons (Fsp3) is 0.500. The van der Waals surface area contributed by atoms with Gasteiger partial charge in [0.15, 0.2) is 5.96 Å². The molecule has 2 atom stereocenters. The highest BCUT2D eigenvalue weighted by atomic mass is 16.3. The molecule has 1 aliphatic heterocycles. The van der Waals surface area contributed by atoms with E-state index in [1.807, 2.05) is 49.3 Å². The van der Waals surface area contributed by atoms with Crippen molar-refractivity contribution in [2.75, 3.05) is 46.8 Å². The smallest absolute Gasteiger partial charge is 0.223 e. The number of guanidine groups is 1. The molecule has 2 aromatic rings. The van der Waals surface area contributed by atoms with Crippen molar-refractivity contribution in [3.63, 3.8) is 0 Å². The van der Waals surface area contributed by atoms with Crippen LogP contribution in [-0.2, 0) is 11.2 Å². The SMILES string of the molecule is CCNC(=NCC(c1ccco1)N(C)C)NCC1CC(=O)N(CCc2ccccc2)C1. The second-order valence-corrected chi connectivity index (χ2v) is 8.24. The van der Waals surface area contributed by atoms with Gasteiger partial charge in [0.2, 0.25) is 5.91 Å². The van der Waals surface area contributed by atoms with E-state index in [0.29, 0.717) is 18.9 Å². The number of benzene rings is 1. The Morgan fingerprint density at radius 3 is 2.71 bits per heavy atom. The van der Waals surface area contributed by atoms with E-state index in [1.165, 1.54) is 5.56 Å². The molecule has 1 aromatic carbocycles. The number of amides is 1. The summed E-state index contributed by atoms with van der Waals surface area (Å²) in [6.45, 7) is 5.73. The van der Waals surface area contributed by atoms with Gasteiger partial charge < -0.3 is 20.0 Å². The van der Waals surface area contributed by atoms with Crippen molar-refractivity contribution in [2.24, 2.45) is 10.9 Å². The summed E-state index contributed by atoms with van der Waals surface area (Å²) >= 11 is 0. The third kappa shape index (κ3) is 6.85. The van der Waals surface area contributed by atoms with E-state index >= 15 is 0 Å². The highest BCUT2D eigenvalue weighted by Gasteiger charge is 2.29. The fourth-order valence-electron chi connectivity index (χ4n) is 3.86. The molecule has 0 radical (unpaired) electrons. The molecule has 0 aliphatic carbocycles. The second kappa shape index (κ2) is 11.6. The summed E-state index contributed by atoms with van der Waals surface area (Å²) in [6, 6.07) is 14.3. The molecular formula is C24H35N5O2. The number of hydrogen-bond acceptors (Lipinski definition) is 4. The van der Waals surface area contributed by atoms with Crippen LogP contribution in [0, 0.1) is 5.92 Å². The Balaban J connectivity index is 1.50. The maximum Gasteiger partial charge on any atom is 0.223 e. The Labute approximate surface area is 185 Å². The van der Waals surface area contributed by atoms with Crippen molar-refractivity contribution >= 4 is 11.9 Å². The zero-order chi connectivity index (χ0) is 22.1. The van der Waals surface area contributed by atoms with Crippen LogP contribution >= 0.6 is 0 Å². The van der Waals surface area contributed by atoms with Crippen LogP contribution < -0.4 is 10.6 Å². The normalized spacial score (nSPS) is 17.9. The summed E-state index contributed by atoms with van der Waals surface area (Å²) in [7, 11) is 4.05. The highest BCUT2D eigenvalue weighted by Crippen LogP contribution is 2.19. The zero-order valence-corrected chi connectivity index (χ0v) is 18.9. The van der Waals surface area contributed by atoms with E-state index in [1.54, 1.807) is 6.26 Å². The van der Waals surface area contributed by atoms with Gasteiger partial charge in [-0.2, -0.15) is 0 Å². The van der Waals surface area contributed by atoms with Crippen LogP contribution in [0.1, 0.15) is 30.7 Å². The Hall–Kier alpha value is -2.80. The lowest BCUT2D eigenvalue weighted by molar-refractivity contribution is -0.127. The highest BCUT2D eigenvalue weighted by molar-refractivity contribution is 5.81. The molecule has 1 amide bonds. The summed E-state index contributed by atoms with van der Waals surface area (Å²) in [4.78, 5) is 21.3. The second-order valence-electron chi connectivity index (χ2n) is 8.24. The first-order valence-electron chi connectivity index (χ1n) is 11.1. The maximum absolute atomic E-state index is 12.4. The summed E-state index contributed by atoms with van der Waals surface area (Å²) in [5.41, 5.74) is 1.27. The zero-order valence-electron chi connectivity index (χ0n) is 18.9. The van der Waals surface area contributed by atoms with E-state index in [9.17, 15) is 4.79 Å². The van der Waals surface area contributed by atoms with E-state index in [0.717, 1.165) is 44.3 Å². The van der Waals surface area contributed by atoms with Crippen LogP contribution in [-0.4, -0.2) is 68.5 Å². The molecule has 31 heavy (non-hydrogen) atoms. The summed E-state index contributed by atoms with van der Waals surface area (Å²) in [6.07, 6.45) is 3.18. The third-order valence-electron chi connectivity index (χ3n) is 5.63. The molecule has 1 fully saturated rings. The molecule has 2 N–H and O–H groups in total. The number of carbonyl (C=O) groups excluding carboxylic acids is 1. The average Bonchev–Trinajstić information content (AvgIpc) is 3.41. The first-order valence-corrected chi connectivity index (χ1v) is 11.1. The number of likely N-dealkylation sites (N-methyl/N-ethyl adjacent to an activating group) is 1. The first kappa shape index (κ1) is 22.9. The Morgan fingerprint density at radius 2 is 2.03 bits per heavy atom. The Kier molecular flexibility index (Phi) is 8.53.